The molecular weight excluding hydrogens is 337 g/mol. The molecule has 1 aliphatic carbocycles. The van der Waals surface area contributed by atoms with Crippen molar-refractivity contribution in [2.24, 2.45) is 0 Å². The summed E-state index contributed by atoms with van der Waals surface area (Å²) in [5, 5.41) is 3.95. The zero-order chi connectivity index (χ0) is 18.1. The third-order valence-electron chi connectivity index (χ3n) is 4.94. The van der Waals surface area contributed by atoms with Gasteiger partial charge < -0.3 is 14.2 Å². The number of aryl methyl sites for hydroxylation is 1. The molecule has 1 unspecified atom stereocenters. The van der Waals surface area contributed by atoms with Crippen LogP contribution in [0.15, 0.2) is 22.7 Å². The Kier molecular flexibility index (Phi) is 4.72. The molecule has 0 spiro atoms. The first-order valence-corrected chi connectivity index (χ1v) is 9.09. The second kappa shape index (κ2) is 7.15. The van der Waals surface area contributed by atoms with Crippen LogP contribution >= 0.6 is 0 Å². The zero-order valence-electron chi connectivity index (χ0n) is 14.8. The number of carbonyl (C=O) groups excluding carboxylic acids is 1. The molecule has 0 N–H and O–H groups in total. The predicted molar refractivity (Wildman–Crippen MR) is 91.1 cm³/mol. The number of hydrogen-bond acceptors (Lipinski definition) is 5. The van der Waals surface area contributed by atoms with Crippen molar-refractivity contribution in [3.8, 4) is 0 Å². The van der Waals surface area contributed by atoms with E-state index in [0.717, 1.165) is 25.7 Å². The van der Waals surface area contributed by atoms with Gasteiger partial charge in [-0.3, -0.25) is 4.79 Å². The molecule has 1 atom stereocenters. The van der Waals surface area contributed by atoms with E-state index in [2.05, 4.69) is 10.1 Å². The predicted octanol–water partition coefficient (Wildman–Crippen LogP) is 3.22. The van der Waals surface area contributed by atoms with Gasteiger partial charge in [-0.25, -0.2) is 4.39 Å². The minimum absolute atomic E-state index is 0.0779. The van der Waals surface area contributed by atoms with Crippen LogP contribution in [0.1, 0.15) is 59.2 Å². The number of likely N-dealkylation sites (tertiary alicyclic amines) is 1. The molecule has 6 nitrogen and oxygen atoms in total. The third kappa shape index (κ3) is 3.77. The highest BCUT2D eigenvalue weighted by atomic mass is 19.1. The van der Waals surface area contributed by atoms with E-state index >= 15 is 0 Å². The van der Waals surface area contributed by atoms with Gasteiger partial charge in [0.05, 0.1) is 6.10 Å². The maximum absolute atomic E-state index is 13.7. The van der Waals surface area contributed by atoms with Gasteiger partial charge in [-0.15, -0.1) is 0 Å². The van der Waals surface area contributed by atoms with Gasteiger partial charge in [-0.1, -0.05) is 11.2 Å². The molecule has 1 amide bonds. The van der Waals surface area contributed by atoms with Crippen molar-refractivity contribution in [2.45, 2.75) is 51.2 Å². The largest absolute Gasteiger partial charge is 0.368 e. The van der Waals surface area contributed by atoms with Gasteiger partial charge in [-0.2, -0.15) is 4.98 Å². The van der Waals surface area contributed by atoms with E-state index in [-0.39, 0.29) is 24.4 Å². The summed E-state index contributed by atoms with van der Waals surface area (Å²) >= 11 is 0. The van der Waals surface area contributed by atoms with Crippen LogP contribution in [0.3, 0.4) is 0 Å². The van der Waals surface area contributed by atoms with E-state index in [0.29, 0.717) is 41.8 Å². The molecule has 2 aliphatic rings. The van der Waals surface area contributed by atoms with Crippen LogP contribution in [0.4, 0.5) is 4.39 Å². The third-order valence-corrected chi connectivity index (χ3v) is 4.94. The van der Waals surface area contributed by atoms with Crippen LogP contribution in [-0.2, 0) is 11.3 Å². The molecule has 4 rings (SSSR count). The number of halogens is 1. The van der Waals surface area contributed by atoms with Crippen LogP contribution in [0.25, 0.3) is 0 Å². The second-order valence-corrected chi connectivity index (χ2v) is 7.11. The summed E-state index contributed by atoms with van der Waals surface area (Å²) in [6.45, 7) is 3.10. The highest BCUT2D eigenvalue weighted by molar-refractivity contribution is 5.94. The summed E-state index contributed by atoms with van der Waals surface area (Å²) in [5.41, 5.74) is 0.910. The van der Waals surface area contributed by atoms with Crippen LogP contribution in [0.5, 0.6) is 0 Å². The highest BCUT2D eigenvalue weighted by Crippen LogP contribution is 2.38. The van der Waals surface area contributed by atoms with Gasteiger partial charge in [-0.05, 0) is 50.3 Å². The Morgan fingerprint density at radius 2 is 2.23 bits per heavy atom. The Labute approximate surface area is 151 Å². The van der Waals surface area contributed by atoms with Crippen molar-refractivity contribution in [3.63, 3.8) is 0 Å². The summed E-state index contributed by atoms with van der Waals surface area (Å²) in [6, 6.07) is 4.61. The van der Waals surface area contributed by atoms with E-state index in [4.69, 9.17) is 9.26 Å². The van der Waals surface area contributed by atoms with Crippen molar-refractivity contribution >= 4 is 5.91 Å². The van der Waals surface area contributed by atoms with Crippen LogP contribution in [0.2, 0.25) is 0 Å². The Morgan fingerprint density at radius 3 is 3.00 bits per heavy atom. The fraction of sp³-hybridized carbons (Fsp3) is 0.526. The van der Waals surface area contributed by atoms with Gasteiger partial charge in [0.25, 0.3) is 5.91 Å². The van der Waals surface area contributed by atoms with Crippen molar-refractivity contribution < 1.29 is 18.4 Å². The first kappa shape index (κ1) is 17.1. The molecule has 0 radical (unpaired) electrons. The summed E-state index contributed by atoms with van der Waals surface area (Å²) < 4.78 is 24.9. The second-order valence-electron chi connectivity index (χ2n) is 7.11. The summed E-state index contributed by atoms with van der Waals surface area (Å²) in [7, 11) is 0. The van der Waals surface area contributed by atoms with E-state index in [9.17, 15) is 9.18 Å². The Bertz CT molecular complexity index is 803. The normalized spacial score (nSPS) is 20.4. The van der Waals surface area contributed by atoms with Crippen molar-refractivity contribution in [1.29, 1.82) is 0 Å². The lowest BCUT2D eigenvalue weighted by Gasteiger charge is -2.32. The molecule has 2 heterocycles. The van der Waals surface area contributed by atoms with E-state index < -0.39 is 0 Å². The minimum Gasteiger partial charge on any atom is -0.368 e. The molecule has 1 saturated carbocycles. The summed E-state index contributed by atoms with van der Waals surface area (Å²) in [5.74, 6) is 1.16. The standard InChI is InChI=1S/C19H22FN3O3/c1-12-4-5-14(9-16(12)20)19(24)23-8-2-3-15(10-23)25-11-17-21-18(26-22-17)13-6-7-13/h4-5,9,13,15H,2-3,6-8,10-11H2,1H3. The van der Waals surface area contributed by atoms with Gasteiger partial charge in [0, 0.05) is 24.6 Å². The number of nitrogens with zero attached hydrogens (tertiary/aromatic N) is 3. The van der Waals surface area contributed by atoms with Gasteiger partial charge >= 0.3 is 0 Å². The number of carbonyl (C=O) groups is 1. The average molecular weight is 359 g/mol. The average Bonchev–Trinajstić information content (AvgIpc) is 3.40. The lowest BCUT2D eigenvalue weighted by molar-refractivity contribution is -0.00962. The Balaban J connectivity index is 1.34. The van der Waals surface area contributed by atoms with Crippen molar-refractivity contribution in [1.82, 2.24) is 15.0 Å². The smallest absolute Gasteiger partial charge is 0.254 e. The minimum atomic E-state index is -0.357. The molecule has 7 heteroatoms. The number of rotatable bonds is 5. The molecule has 26 heavy (non-hydrogen) atoms. The highest BCUT2D eigenvalue weighted by Gasteiger charge is 2.30. The van der Waals surface area contributed by atoms with Crippen molar-refractivity contribution in [3.05, 3.63) is 46.9 Å². The van der Waals surface area contributed by atoms with E-state index in [1.54, 1.807) is 24.0 Å². The number of hydrogen-bond donors (Lipinski definition) is 0. The van der Waals surface area contributed by atoms with Gasteiger partial charge in [0.15, 0.2) is 5.82 Å². The Morgan fingerprint density at radius 1 is 1.38 bits per heavy atom. The molecule has 138 valence electrons. The zero-order valence-corrected chi connectivity index (χ0v) is 14.8. The lowest BCUT2D eigenvalue weighted by atomic mass is 10.1. The Hall–Kier alpha value is -2.28. The van der Waals surface area contributed by atoms with E-state index in [1.807, 2.05) is 0 Å². The fourth-order valence-corrected chi connectivity index (χ4v) is 3.18. The molecular formula is C19H22FN3O3. The first-order chi connectivity index (χ1) is 12.6. The quantitative estimate of drug-likeness (QED) is 0.820. The number of aromatic nitrogens is 2. The van der Waals surface area contributed by atoms with Gasteiger partial charge in [0.1, 0.15) is 12.4 Å². The maximum Gasteiger partial charge on any atom is 0.254 e. The number of benzene rings is 1. The van der Waals surface area contributed by atoms with E-state index in [1.165, 1.54) is 6.07 Å². The monoisotopic (exact) mass is 359 g/mol. The summed E-state index contributed by atoms with van der Waals surface area (Å²) in [4.78, 5) is 18.7. The fourth-order valence-electron chi connectivity index (χ4n) is 3.18. The maximum atomic E-state index is 13.7. The van der Waals surface area contributed by atoms with Crippen LogP contribution < -0.4 is 0 Å². The number of piperidine rings is 1. The molecule has 1 aromatic carbocycles. The molecule has 1 saturated heterocycles. The lowest BCUT2D eigenvalue weighted by Crippen LogP contribution is -2.43. The van der Waals surface area contributed by atoms with Crippen LogP contribution in [-0.4, -0.2) is 40.1 Å². The molecule has 1 aliphatic heterocycles. The van der Waals surface area contributed by atoms with Gasteiger partial charge in [0.2, 0.25) is 5.89 Å². The molecule has 0 bridgehead atoms. The molecule has 1 aromatic heterocycles. The number of ether oxygens (including phenoxy) is 1. The van der Waals surface area contributed by atoms with Crippen molar-refractivity contribution in [2.75, 3.05) is 13.1 Å². The first-order valence-electron chi connectivity index (χ1n) is 9.09. The number of amides is 1. The van der Waals surface area contributed by atoms with Crippen LogP contribution in [0, 0.1) is 12.7 Å². The molecule has 2 aromatic rings. The topological polar surface area (TPSA) is 68.5 Å². The SMILES string of the molecule is Cc1ccc(C(=O)N2CCCC(OCc3noc(C4CC4)n3)C2)cc1F. The summed E-state index contributed by atoms with van der Waals surface area (Å²) in [6.07, 6.45) is 3.87. The molecule has 2 fully saturated rings.